The lowest BCUT2D eigenvalue weighted by Crippen LogP contribution is -2.13. The third kappa shape index (κ3) is 3.39. The summed E-state index contributed by atoms with van der Waals surface area (Å²) < 4.78 is 13.4. The number of halogens is 1. The van der Waals surface area contributed by atoms with Crippen LogP contribution in [0.1, 0.15) is 15.9 Å². The Morgan fingerprint density at radius 1 is 1.16 bits per heavy atom. The molecule has 0 bridgehead atoms. The molecule has 2 rings (SSSR count). The van der Waals surface area contributed by atoms with Gasteiger partial charge < -0.3 is 11.1 Å². The van der Waals surface area contributed by atoms with Gasteiger partial charge in [0.2, 0.25) is 0 Å². The van der Waals surface area contributed by atoms with Crippen LogP contribution in [0.15, 0.2) is 48.5 Å². The molecule has 0 aromatic heterocycles. The molecule has 0 aliphatic carbocycles. The topological polar surface area (TPSA) is 55.1 Å². The van der Waals surface area contributed by atoms with Crippen molar-refractivity contribution in [2.24, 2.45) is 5.73 Å². The molecule has 0 fully saturated rings. The third-order valence-electron chi connectivity index (χ3n) is 2.74. The summed E-state index contributed by atoms with van der Waals surface area (Å²) in [5, 5.41) is 2.55. The summed E-state index contributed by atoms with van der Waals surface area (Å²) in [5.41, 5.74) is 7.14. The number of amides is 1. The highest BCUT2D eigenvalue weighted by molar-refractivity contribution is 6.04. The number of benzene rings is 2. The predicted molar refractivity (Wildman–Crippen MR) is 73.6 cm³/mol. The molecule has 4 heteroatoms. The first-order chi connectivity index (χ1) is 9.20. The van der Waals surface area contributed by atoms with E-state index in [1.54, 1.807) is 30.3 Å². The Kier molecular flexibility index (Phi) is 4.26. The molecule has 3 nitrogen and oxygen atoms in total. The zero-order chi connectivity index (χ0) is 13.7. The number of hydrogen-bond acceptors (Lipinski definition) is 2. The fourth-order valence-corrected chi connectivity index (χ4v) is 1.79. The van der Waals surface area contributed by atoms with Crippen molar-refractivity contribution < 1.29 is 9.18 Å². The van der Waals surface area contributed by atoms with Crippen molar-refractivity contribution in [3.8, 4) is 0 Å². The zero-order valence-corrected chi connectivity index (χ0v) is 10.4. The van der Waals surface area contributed by atoms with Crippen LogP contribution in [-0.2, 0) is 6.42 Å². The largest absolute Gasteiger partial charge is 0.330 e. The first-order valence-corrected chi connectivity index (χ1v) is 6.05. The second kappa shape index (κ2) is 6.11. The van der Waals surface area contributed by atoms with Crippen LogP contribution in [-0.4, -0.2) is 12.5 Å². The van der Waals surface area contributed by atoms with Gasteiger partial charge in [-0.1, -0.05) is 24.3 Å². The number of rotatable bonds is 4. The molecule has 98 valence electrons. The highest BCUT2D eigenvalue weighted by Gasteiger charge is 2.09. The normalized spacial score (nSPS) is 10.2. The number of anilines is 1. The van der Waals surface area contributed by atoms with Crippen LogP contribution in [0.3, 0.4) is 0 Å². The Morgan fingerprint density at radius 3 is 2.68 bits per heavy atom. The van der Waals surface area contributed by atoms with Gasteiger partial charge in [-0.25, -0.2) is 4.39 Å². The first kappa shape index (κ1) is 13.2. The fourth-order valence-electron chi connectivity index (χ4n) is 1.79. The maximum Gasteiger partial charge on any atom is 0.255 e. The molecular formula is C15H15FN2O. The fraction of sp³-hybridized carbons (Fsp3) is 0.133. The number of carbonyl (C=O) groups excluding carboxylic acids is 1. The Balaban J connectivity index is 2.16. The van der Waals surface area contributed by atoms with Crippen molar-refractivity contribution in [2.45, 2.75) is 6.42 Å². The van der Waals surface area contributed by atoms with E-state index in [-0.39, 0.29) is 11.6 Å². The number of carbonyl (C=O) groups is 1. The van der Waals surface area contributed by atoms with Crippen LogP contribution in [0.5, 0.6) is 0 Å². The zero-order valence-electron chi connectivity index (χ0n) is 10.4. The third-order valence-corrected chi connectivity index (χ3v) is 2.74. The maximum absolute atomic E-state index is 13.4. The molecule has 0 aliphatic rings. The van der Waals surface area contributed by atoms with E-state index in [9.17, 15) is 9.18 Å². The molecule has 1 amide bonds. The summed E-state index contributed by atoms with van der Waals surface area (Å²) >= 11 is 0. The molecule has 0 heterocycles. The van der Waals surface area contributed by atoms with Gasteiger partial charge in [0.25, 0.3) is 5.91 Å². The van der Waals surface area contributed by atoms with Gasteiger partial charge in [0.05, 0.1) is 5.69 Å². The summed E-state index contributed by atoms with van der Waals surface area (Å²) in [6.45, 7) is 0.526. The Hall–Kier alpha value is -2.20. The molecule has 0 saturated heterocycles. The van der Waals surface area contributed by atoms with Crippen molar-refractivity contribution in [1.29, 1.82) is 0 Å². The quantitative estimate of drug-likeness (QED) is 0.885. The monoisotopic (exact) mass is 258 g/mol. The van der Waals surface area contributed by atoms with Gasteiger partial charge in [-0.3, -0.25) is 4.79 Å². The van der Waals surface area contributed by atoms with E-state index in [2.05, 4.69) is 5.32 Å². The van der Waals surface area contributed by atoms with Crippen molar-refractivity contribution in [3.05, 3.63) is 65.5 Å². The number of nitrogens with two attached hydrogens (primary N) is 1. The van der Waals surface area contributed by atoms with E-state index in [1.807, 2.05) is 6.07 Å². The van der Waals surface area contributed by atoms with Crippen LogP contribution in [0.2, 0.25) is 0 Å². The molecule has 0 spiro atoms. The van der Waals surface area contributed by atoms with Gasteiger partial charge in [0, 0.05) is 5.56 Å². The Labute approximate surface area is 111 Å². The van der Waals surface area contributed by atoms with Crippen molar-refractivity contribution >= 4 is 11.6 Å². The SMILES string of the molecule is NCCc1cccc(C(=O)Nc2ccccc2F)c1. The van der Waals surface area contributed by atoms with Crippen molar-refractivity contribution in [1.82, 2.24) is 0 Å². The second-order valence-electron chi connectivity index (χ2n) is 4.17. The lowest BCUT2D eigenvalue weighted by Gasteiger charge is -2.07. The van der Waals surface area contributed by atoms with Gasteiger partial charge in [-0.2, -0.15) is 0 Å². The van der Waals surface area contributed by atoms with Gasteiger partial charge in [-0.05, 0) is 42.8 Å². The molecule has 0 atom stereocenters. The van der Waals surface area contributed by atoms with Crippen molar-refractivity contribution in [3.63, 3.8) is 0 Å². The van der Waals surface area contributed by atoms with E-state index in [1.165, 1.54) is 12.1 Å². The van der Waals surface area contributed by atoms with Crippen LogP contribution in [0.4, 0.5) is 10.1 Å². The van der Waals surface area contributed by atoms with Crippen molar-refractivity contribution in [2.75, 3.05) is 11.9 Å². The van der Waals surface area contributed by atoms with Crippen LogP contribution in [0.25, 0.3) is 0 Å². The van der Waals surface area contributed by atoms with E-state index in [0.717, 1.165) is 5.56 Å². The molecular weight excluding hydrogens is 243 g/mol. The van der Waals surface area contributed by atoms with Gasteiger partial charge >= 0.3 is 0 Å². The summed E-state index contributed by atoms with van der Waals surface area (Å²) in [5.74, 6) is -0.780. The number of hydrogen-bond donors (Lipinski definition) is 2. The Bertz CT molecular complexity index is 584. The van der Waals surface area contributed by atoms with Crippen LogP contribution >= 0.6 is 0 Å². The maximum atomic E-state index is 13.4. The highest BCUT2D eigenvalue weighted by Crippen LogP contribution is 2.14. The second-order valence-corrected chi connectivity index (χ2v) is 4.17. The molecule has 3 N–H and O–H groups in total. The lowest BCUT2D eigenvalue weighted by molar-refractivity contribution is 0.102. The minimum absolute atomic E-state index is 0.178. The molecule has 19 heavy (non-hydrogen) atoms. The van der Waals surface area contributed by atoms with Gasteiger partial charge in [0.1, 0.15) is 5.82 Å². The Morgan fingerprint density at radius 2 is 1.95 bits per heavy atom. The summed E-state index contributed by atoms with van der Waals surface area (Å²) in [6.07, 6.45) is 0.709. The van der Waals surface area contributed by atoms with E-state index in [4.69, 9.17) is 5.73 Å². The van der Waals surface area contributed by atoms with Crippen LogP contribution < -0.4 is 11.1 Å². The molecule has 0 aliphatic heterocycles. The summed E-state index contributed by atoms with van der Waals surface area (Å²) in [6, 6.07) is 13.2. The van der Waals surface area contributed by atoms with Gasteiger partial charge in [0.15, 0.2) is 0 Å². The summed E-state index contributed by atoms with van der Waals surface area (Å²) in [4.78, 5) is 12.0. The highest BCUT2D eigenvalue weighted by atomic mass is 19.1. The molecule has 0 unspecified atom stereocenters. The average Bonchev–Trinajstić information content (AvgIpc) is 2.42. The average molecular weight is 258 g/mol. The predicted octanol–water partition coefficient (Wildman–Crippen LogP) is 2.58. The summed E-state index contributed by atoms with van der Waals surface area (Å²) in [7, 11) is 0. The number of para-hydroxylation sites is 1. The van der Waals surface area contributed by atoms with E-state index in [0.29, 0.717) is 18.5 Å². The molecule has 0 radical (unpaired) electrons. The minimum atomic E-state index is -0.450. The number of nitrogens with one attached hydrogen (secondary N) is 1. The first-order valence-electron chi connectivity index (χ1n) is 6.05. The van der Waals surface area contributed by atoms with Gasteiger partial charge in [-0.15, -0.1) is 0 Å². The van der Waals surface area contributed by atoms with E-state index >= 15 is 0 Å². The molecule has 2 aromatic carbocycles. The lowest BCUT2D eigenvalue weighted by atomic mass is 10.1. The molecule has 0 saturated carbocycles. The molecule has 2 aromatic rings. The van der Waals surface area contributed by atoms with E-state index < -0.39 is 5.82 Å². The minimum Gasteiger partial charge on any atom is -0.330 e. The smallest absolute Gasteiger partial charge is 0.255 e. The van der Waals surface area contributed by atoms with Crippen LogP contribution in [0, 0.1) is 5.82 Å². The standard InChI is InChI=1S/C15H15FN2O/c16-13-6-1-2-7-14(13)18-15(19)12-5-3-4-11(10-12)8-9-17/h1-7,10H,8-9,17H2,(H,18,19).